The maximum Gasteiger partial charge on any atom is 0.208 e. The maximum atomic E-state index is 11.2. The monoisotopic (exact) mass is 355 g/mol. The number of nitrogens with one attached hydrogen (secondary N) is 2. The van der Waals surface area contributed by atoms with Crippen LogP contribution < -0.4 is 4.72 Å². The molecule has 0 radical (unpaired) electrons. The molecule has 23 heavy (non-hydrogen) atoms. The lowest BCUT2D eigenvalue weighted by Crippen LogP contribution is -2.29. The molecule has 1 aromatic heterocycles. The number of H-pyrrole nitrogens is 1. The van der Waals surface area contributed by atoms with E-state index in [1.165, 1.54) is 6.26 Å². The average molecular weight is 356 g/mol. The van der Waals surface area contributed by atoms with Gasteiger partial charge in [-0.05, 0) is 48.3 Å². The SMILES string of the molecule is CS(=O)(=O)NCC1[C@H]2CC(O)(c3cc(Cl)cc4[nH]ncc34)C[C@@H]12. The normalized spacial score (nSPS) is 33.1. The van der Waals surface area contributed by atoms with Crippen LogP contribution in [0, 0.1) is 17.8 Å². The van der Waals surface area contributed by atoms with E-state index < -0.39 is 15.6 Å². The van der Waals surface area contributed by atoms with E-state index in [1.54, 1.807) is 12.3 Å². The number of aromatic nitrogens is 2. The minimum absolute atomic E-state index is 0.323. The predicted molar refractivity (Wildman–Crippen MR) is 87.6 cm³/mol. The zero-order valence-corrected chi connectivity index (χ0v) is 14.2. The summed E-state index contributed by atoms with van der Waals surface area (Å²) in [7, 11) is -3.16. The lowest BCUT2D eigenvalue weighted by molar-refractivity contribution is 0.0277. The van der Waals surface area contributed by atoms with Crippen LogP contribution in [0.4, 0.5) is 0 Å². The van der Waals surface area contributed by atoms with Gasteiger partial charge in [-0.25, -0.2) is 13.1 Å². The first-order valence-corrected chi connectivity index (χ1v) is 9.84. The molecule has 0 aliphatic heterocycles. The van der Waals surface area contributed by atoms with Gasteiger partial charge < -0.3 is 5.11 Å². The molecule has 4 rings (SSSR count). The molecule has 0 spiro atoms. The molecule has 0 amide bonds. The molecule has 3 N–H and O–H groups in total. The molecular weight excluding hydrogens is 338 g/mol. The predicted octanol–water partition coefficient (Wildman–Crippen LogP) is 1.61. The molecule has 8 heteroatoms. The Kier molecular flexibility index (Phi) is 3.29. The molecule has 2 aliphatic carbocycles. The van der Waals surface area contributed by atoms with Crippen LogP contribution in [0.25, 0.3) is 10.9 Å². The Morgan fingerprint density at radius 2 is 2.13 bits per heavy atom. The van der Waals surface area contributed by atoms with Gasteiger partial charge in [0.25, 0.3) is 0 Å². The molecule has 0 saturated heterocycles. The molecule has 1 heterocycles. The van der Waals surface area contributed by atoms with E-state index in [0.717, 1.165) is 16.5 Å². The van der Waals surface area contributed by atoms with E-state index in [9.17, 15) is 13.5 Å². The van der Waals surface area contributed by atoms with E-state index in [2.05, 4.69) is 14.9 Å². The fourth-order valence-electron chi connectivity index (χ4n) is 4.16. The number of halogens is 1. The third kappa shape index (κ3) is 2.65. The number of aromatic amines is 1. The van der Waals surface area contributed by atoms with Crippen molar-refractivity contribution >= 4 is 32.5 Å². The summed E-state index contributed by atoms with van der Waals surface area (Å²) >= 11 is 6.16. The number of rotatable bonds is 4. The first kappa shape index (κ1) is 15.4. The Labute approximate surface area is 139 Å². The minimum Gasteiger partial charge on any atom is -0.385 e. The van der Waals surface area contributed by atoms with Crippen molar-refractivity contribution in [3.05, 3.63) is 28.9 Å². The molecule has 2 aliphatic rings. The van der Waals surface area contributed by atoms with Crippen LogP contribution in [0.2, 0.25) is 5.02 Å². The number of aliphatic hydroxyl groups is 1. The Morgan fingerprint density at radius 3 is 2.78 bits per heavy atom. The summed E-state index contributed by atoms with van der Waals surface area (Å²) in [6.45, 7) is 0.459. The number of nitrogens with zero attached hydrogens (tertiary/aromatic N) is 1. The summed E-state index contributed by atoms with van der Waals surface area (Å²) in [6.07, 6.45) is 4.15. The topological polar surface area (TPSA) is 95.1 Å². The van der Waals surface area contributed by atoms with Gasteiger partial charge in [-0.1, -0.05) is 11.6 Å². The average Bonchev–Trinajstić information content (AvgIpc) is 2.82. The highest BCUT2D eigenvalue weighted by Crippen LogP contribution is 2.63. The van der Waals surface area contributed by atoms with Gasteiger partial charge in [-0.2, -0.15) is 5.10 Å². The fourth-order valence-corrected chi connectivity index (χ4v) is 4.88. The van der Waals surface area contributed by atoms with Gasteiger partial charge in [0, 0.05) is 17.0 Å². The highest BCUT2D eigenvalue weighted by molar-refractivity contribution is 7.88. The largest absolute Gasteiger partial charge is 0.385 e. The molecular formula is C15H18ClN3O3S. The third-order valence-electron chi connectivity index (χ3n) is 5.26. The number of sulfonamides is 1. The second kappa shape index (κ2) is 4.92. The van der Waals surface area contributed by atoms with Gasteiger partial charge in [0.15, 0.2) is 0 Å². The van der Waals surface area contributed by atoms with Crippen molar-refractivity contribution in [2.45, 2.75) is 18.4 Å². The van der Waals surface area contributed by atoms with Crippen LogP contribution in [-0.2, 0) is 15.6 Å². The first-order valence-electron chi connectivity index (χ1n) is 7.57. The summed E-state index contributed by atoms with van der Waals surface area (Å²) in [5.41, 5.74) is 0.719. The van der Waals surface area contributed by atoms with E-state index in [-0.39, 0.29) is 0 Å². The zero-order valence-electron chi connectivity index (χ0n) is 12.6. The van der Waals surface area contributed by atoms with E-state index in [0.29, 0.717) is 42.2 Å². The summed E-state index contributed by atoms with van der Waals surface area (Å²) in [6, 6.07) is 3.61. The first-order chi connectivity index (χ1) is 10.8. The maximum absolute atomic E-state index is 11.2. The highest BCUT2D eigenvalue weighted by atomic mass is 35.5. The Morgan fingerprint density at radius 1 is 1.43 bits per heavy atom. The molecule has 124 valence electrons. The van der Waals surface area contributed by atoms with Gasteiger partial charge in [-0.3, -0.25) is 5.10 Å². The van der Waals surface area contributed by atoms with Crippen LogP contribution >= 0.6 is 11.6 Å². The van der Waals surface area contributed by atoms with Crippen molar-refractivity contribution in [1.82, 2.24) is 14.9 Å². The molecule has 2 fully saturated rings. The Balaban J connectivity index is 1.55. The van der Waals surface area contributed by atoms with Gasteiger partial charge >= 0.3 is 0 Å². The van der Waals surface area contributed by atoms with Crippen LogP contribution in [0.1, 0.15) is 18.4 Å². The van der Waals surface area contributed by atoms with Gasteiger partial charge in [0.2, 0.25) is 10.0 Å². The lowest BCUT2D eigenvalue weighted by atomic mass is 9.85. The molecule has 2 unspecified atom stereocenters. The van der Waals surface area contributed by atoms with Crippen LogP contribution in [0.15, 0.2) is 18.3 Å². The van der Waals surface area contributed by atoms with Gasteiger partial charge in [-0.15, -0.1) is 0 Å². The van der Waals surface area contributed by atoms with Crippen molar-refractivity contribution in [2.24, 2.45) is 17.8 Å². The quantitative estimate of drug-likeness (QED) is 0.776. The summed E-state index contributed by atoms with van der Waals surface area (Å²) in [5, 5.41) is 19.5. The highest BCUT2D eigenvalue weighted by Gasteiger charge is 2.61. The van der Waals surface area contributed by atoms with Gasteiger partial charge in [0.1, 0.15) is 0 Å². The van der Waals surface area contributed by atoms with Crippen LogP contribution in [0.5, 0.6) is 0 Å². The fraction of sp³-hybridized carbons (Fsp3) is 0.533. The van der Waals surface area contributed by atoms with E-state index in [4.69, 9.17) is 11.6 Å². The van der Waals surface area contributed by atoms with Crippen molar-refractivity contribution in [3.8, 4) is 0 Å². The molecule has 6 nitrogen and oxygen atoms in total. The Bertz CT molecular complexity index is 867. The standard InChI is InChI=1S/C15H18ClN3O3S/c1-23(21,22)18-7-11-9-4-15(20,5-10(9)11)13-2-8(16)3-14-12(13)6-17-19-14/h2-3,6,9-11,18,20H,4-5,7H2,1H3,(H,17,19)/t9-,10+,11?,15?. The summed E-state index contributed by atoms with van der Waals surface area (Å²) < 4.78 is 25.0. The van der Waals surface area contributed by atoms with Crippen molar-refractivity contribution in [2.75, 3.05) is 12.8 Å². The minimum atomic E-state index is -3.16. The number of benzene rings is 1. The third-order valence-corrected chi connectivity index (χ3v) is 6.17. The zero-order chi connectivity index (χ0) is 16.4. The van der Waals surface area contributed by atoms with E-state index in [1.807, 2.05) is 6.07 Å². The molecule has 4 atom stereocenters. The van der Waals surface area contributed by atoms with Crippen LogP contribution in [-0.4, -0.2) is 36.5 Å². The van der Waals surface area contributed by atoms with Gasteiger partial charge in [0.05, 0.1) is 23.6 Å². The second-order valence-corrected chi connectivity index (χ2v) is 9.11. The van der Waals surface area contributed by atoms with Crippen LogP contribution in [0.3, 0.4) is 0 Å². The van der Waals surface area contributed by atoms with Crippen molar-refractivity contribution in [3.63, 3.8) is 0 Å². The number of fused-ring (bicyclic) bond motifs is 2. The van der Waals surface area contributed by atoms with Crippen molar-refractivity contribution < 1.29 is 13.5 Å². The molecule has 2 saturated carbocycles. The smallest absolute Gasteiger partial charge is 0.208 e. The molecule has 1 aromatic carbocycles. The second-order valence-electron chi connectivity index (χ2n) is 6.84. The number of hydrogen-bond donors (Lipinski definition) is 3. The van der Waals surface area contributed by atoms with E-state index >= 15 is 0 Å². The molecule has 2 aromatic rings. The van der Waals surface area contributed by atoms with Crippen molar-refractivity contribution in [1.29, 1.82) is 0 Å². The molecule has 0 bridgehead atoms. The number of hydrogen-bond acceptors (Lipinski definition) is 4. The summed E-state index contributed by atoms with van der Waals surface area (Å²) in [4.78, 5) is 0. The summed E-state index contributed by atoms with van der Waals surface area (Å²) in [5.74, 6) is 1.04. The lowest BCUT2D eigenvalue weighted by Gasteiger charge is -2.27. The Hall–Kier alpha value is -1.15.